The van der Waals surface area contributed by atoms with Crippen LogP contribution in [0.15, 0.2) is 30.3 Å². The zero-order valence-electron chi connectivity index (χ0n) is 13.6. The van der Waals surface area contributed by atoms with E-state index >= 15 is 0 Å². The second kappa shape index (κ2) is 9.56. The summed E-state index contributed by atoms with van der Waals surface area (Å²) >= 11 is 0. The number of rotatable bonds is 9. The summed E-state index contributed by atoms with van der Waals surface area (Å²) in [6, 6.07) is 10.3. The fraction of sp³-hybridized carbons (Fsp3) is 0.611. The minimum Gasteiger partial charge on any atom is -0.349 e. The third kappa shape index (κ3) is 5.16. The van der Waals surface area contributed by atoms with Crippen LogP contribution in [0, 0.1) is 11.8 Å². The Morgan fingerprint density at radius 2 is 1.76 bits per heavy atom. The van der Waals surface area contributed by atoms with Gasteiger partial charge in [0.2, 0.25) is 5.91 Å². The molecule has 0 aromatic heterocycles. The van der Waals surface area contributed by atoms with Gasteiger partial charge >= 0.3 is 0 Å². The van der Waals surface area contributed by atoms with Crippen molar-refractivity contribution in [2.75, 3.05) is 6.54 Å². The molecule has 0 spiro atoms. The quantitative estimate of drug-likeness (QED) is 0.729. The number of benzene rings is 1. The van der Waals surface area contributed by atoms with Crippen molar-refractivity contribution in [1.82, 2.24) is 5.32 Å². The Bertz CT molecular complexity index is 401. The summed E-state index contributed by atoms with van der Waals surface area (Å²) < 4.78 is 0. The lowest BCUT2D eigenvalue weighted by Crippen LogP contribution is -2.39. The molecule has 1 aromatic rings. The number of nitrogens with two attached hydrogens (primary N) is 1. The Hall–Kier alpha value is -1.35. The second-order valence-electron chi connectivity index (χ2n) is 5.69. The van der Waals surface area contributed by atoms with Crippen molar-refractivity contribution in [1.29, 1.82) is 0 Å². The highest BCUT2D eigenvalue weighted by atomic mass is 16.1. The predicted molar refractivity (Wildman–Crippen MR) is 88.9 cm³/mol. The lowest BCUT2D eigenvalue weighted by Gasteiger charge is -2.28. The molecular weight excluding hydrogens is 260 g/mol. The highest BCUT2D eigenvalue weighted by molar-refractivity contribution is 5.79. The summed E-state index contributed by atoms with van der Waals surface area (Å²) in [5.74, 6) is 0.479. The molecule has 0 heterocycles. The molecule has 3 N–H and O–H groups in total. The van der Waals surface area contributed by atoms with Crippen LogP contribution in [-0.2, 0) is 4.79 Å². The smallest absolute Gasteiger partial charge is 0.224 e. The predicted octanol–water partition coefficient (Wildman–Crippen LogP) is 3.66. The molecule has 0 saturated heterocycles. The lowest BCUT2D eigenvalue weighted by molar-refractivity contribution is -0.126. The van der Waals surface area contributed by atoms with Gasteiger partial charge < -0.3 is 11.1 Å². The highest BCUT2D eigenvalue weighted by Crippen LogP contribution is 2.27. The maximum atomic E-state index is 12.5. The van der Waals surface area contributed by atoms with E-state index in [1.165, 1.54) is 5.56 Å². The first-order valence-corrected chi connectivity index (χ1v) is 8.23. The number of carbonyl (C=O) groups is 1. The van der Waals surface area contributed by atoms with Crippen LogP contribution in [0.4, 0.5) is 0 Å². The van der Waals surface area contributed by atoms with E-state index in [0.717, 1.165) is 25.7 Å². The first-order valence-electron chi connectivity index (χ1n) is 8.23. The Labute approximate surface area is 129 Å². The fourth-order valence-electron chi connectivity index (χ4n) is 2.87. The number of amides is 1. The van der Waals surface area contributed by atoms with E-state index in [1.807, 2.05) is 18.2 Å². The van der Waals surface area contributed by atoms with Crippen LogP contribution < -0.4 is 11.1 Å². The Morgan fingerprint density at radius 1 is 1.14 bits per heavy atom. The summed E-state index contributed by atoms with van der Waals surface area (Å²) in [4.78, 5) is 12.5. The molecule has 2 unspecified atom stereocenters. The van der Waals surface area contributed by atoms with Gasteiger partial charge in [0.15, 0.2) is 0 Å². The van der Waals surface area contributed by atoms with Crippen LogP contribution in [0.3, 0.4) is 0 Å². The van der Waals surface area contributed by atoms with Crippen LogP contribution >= 0.6 is 0 Å². The molecule has 0 aliphatic heterocycles. The standard InChI is InChI=1S/C18H30N2O/c1-4-10-16(13-19)18(21)20-17(14(5-2)6-3)15-11-8-7-9-12-15/h7-9,11-12,14,16-17H,4-6,10,13,19H2,1-3H3,(H,20,21). The average Bonchev–Trinajstić information content (AvgIpc) is 2.53. The molecule has 3 nitrogen and oxygen atoms in total. The summed E-state index contributed by atoms with van der Waals surface area (Å²) in [5.41, 5.74) is 6.94. The molecule has 1 amide bonds. The van der Waals surface area contributed by atoms with Gasteiger partial charge in [-0.25, -0.2) is 0 Å². The van der Waals surface area contributed by atoms with Gasteiger partial charge in [0.1, 0.15) is 0 Å². The van der Waals surface area contributed by atoms with Crippen molar-refractivity contribution < 1.29 is 4.79 Å². The third-order valence-corrected chi connectivity index (χ3v) is 4.27. The molecule has 0 fully saturated rings. The summed E-state index contributed by atoms with van der Waals surface area (Å²) in [7, 11) is 0. The molecule has 118 valence electrons. The molecule has 1 aromatic carbocycles. The summed E-state index contributed by atoms with van der Waals surface area (Å²) in [5, 5.41) is 3.25. The Morgan fingerprint density at radius 3 is 2.24 bits per heavy atom. The summed E-state index contributed by atoms with van der Waals surface area (Å²) in [6.45, 7) is 6.88. The normalized spacial score (nSPS) is 14.0. The Balaban J connectivity index is 2.90. The molecule has 0 bridgehead atoms. The van der Waals surface area contributed by atoms with E-state index in [-0.39, 0.29) is 17.9 Å². The average molecular weight is 290 g/mol. The third-order valence-electron chi connectivity index (χ3n) is 4.27. The zero-order chi connectivity index (χ0) is 15.7. The zero-order valence-corrected chi connectivity index (χ0v) is 13.6. The van der Waals surface area contributed by atoms with E-state index in [1.54, 1.807) is 0 Å². The maximum absolute atomic E-state index is 12.5. The molecule has 0 aliphatic carbocycles. The van der Waals surface area contributed by atoms with E-state index in [0.29, 0.717) is 12.5 Å². The second-order valence-corrected chi connectivity index (χ2v) is 5.69. The van der Waals surface area contributed by atoms with Gasteiger partial charge in [-0.2, -0.15) is 0 Å². The van der Waals surface area contributed by atoms with Crippen molar-refractivity contribution in [3.63, 3.8) is 0 Å². The van der Waals surface area contributed by atoms with Crippen LogP contribution in [-0.4, -0.2) is 12.5 Å². The van der Waals surface area contributed by atoms with E-state index < -0.39 is 0 Å². The minimum atomic E-state index is -0.0735. The molecule has 21 heavy (non-hydrogen) atoms. The number of hydrogen-bond acceptors (Lipinski definition) is 2. The largest absolute Gasteiger partial charge is 0.349 e. The number of nitrogens with one attached hydrogen (secondary N) is 1. The molecular formula is C18H30N2O. The van der Waals surface area contributed by atoms with Crippen molar-refractivity contribution in [2.45, 2.75) is 52.5 Å². The van der Waals surface area contributed by atoms with Gasteiger partial charge in [-0.05, 0) is 17.9 Å². The van der Waals surface area contributed by atoms with Crippen molar-refractivity contribution in [3.8, 4) is 0 Å². The molecule has 2 atom stereocenters. The molecule has 0 aliphatic rings. The topological polar surface area (TPSA) is 55.1 Å². The maximum Gasteiger partial charge on any atom is 0.224 e. The van der Waals surface area contributed by atoms with Gasteiger partial charge in [-0.15, -0.1) is 0 Å². The SMILES string of the molecule is CCCC(CN)C(=O)NC(c1ccccc1)C(CC)CC. The monoisotopic (exact) mass is 290 g/mol. The van der Waals surface area contributed by atoms with Crippen molar-refractivity contribution in [3.05, 3.63) is 35.9 Å². The first-order chi connectivity index (χ1) is 10.2. The van der Waals surface area contributed by atoms with Crippen molar-refractivity contribution in [2.24, 2.45) is 17.6 Å². The highest BCUT2D eigenvalue weighted by Gasteiger charge is 2.25. The fourth-order valence-corrected chi connectivity index (χ4v) is 2.87. The van der Waals surface area contributed by atoms with Gasteiger partial charge in [-0.1, -0.05) is 70.4 Å². The van der Waals surface area contributed by atoms with E-state index in [4.69, 9.17) is 5.73 Å². The van der Waals surface area contributed by atoms with Crippen LogP contribution in [0.25, 0.3) is 0 Å². The number of hydrogen-bond donors (Lipinski definition) is 2. The number of carbonyl (C=O) groups excluding carboxylic acids is 1. The summed E-state index contributed by atoms with van der Waals surface area (Å²) in [6.07, 6.45) is 3.94. The molecule has 3 heteroatoms. The molecule has 0 saturated carbocycles. The van der Waals surface area contributed by atoms with Gasteiger partial charge in [0.25, 0.3) is 0 Å². The van der Waals surface area contributed by atoms with Crippen LogP contribution in [0.5, 0.6) is 0 Å². The van der Waals surface area contributed by atoms with Crippen molar-refractivity contribution >= 4 is 5.91 Å². The van der Waals surface area contributed by atoms with E-state index in [9.17, 15) is 4.79 Å². The van der Waals surface area contributed by atoms with Gasteiger partial charge in [-0.3, -0.25) is 4.79 Å². The van der Waals surface area contributed by atoms with Gasteiger partial charge in [0.05, 0.1) is 12.0 Å². The van der Waals surface area contributed by atoms with Gasteiger partial charge in [0, 0.05) is 6.54 Å². The minimum absolute atomic E-state index is 0.0735. The van der Waals surface area contributed by atoms with Crippen LogP contribution in [0.1, 0.15) is 58.1 Å². The Kier molecular flexibility index (Phi) is 8.06. The van der Waals surface area contributed by atoms with E-state index in [2.05, 4.69) is 38.2 Å². The van der Waals surface area contributed by atoms with Crippen LogP contribution in [0.2, 0.25) is 0 Å². The first kappa shape index (κ1) is 17.7. The lowest BCUT2D eigenvalue weighted by atomic mass is 9.88. The molecule has 0 radical (unpaired) electrons. The molecule has 1 rings (SSSR count).